The van der Waals surface area contributed by atoms with Gasteiger partial charge >= 0.3 is 0 Å². The first-order valence-electron chi connectivity index (χ1n) is 8.47. The van der Waals surface area contributed by atoms with E-state index in [2.05, 4.69) is 37.9 Å². The van der Waals surface area contributed by atoms with Crippen LogP contribution in [0, 0.1) is 20.8 Å². The molecule has 2 aromatic heterocycles. The number of ether oxygens (including phenoxy) is 1. The lowest BCUT2D eigenvalue weighted by atomic mass is 10.1. The van der Waals surface area contributed by atoms with Crippen molar-refractivity contribution in [3.05, 3.63) is 39.1 Å². The number of thiazole rings is 1. The number of nitrogens with zero attached hydrogens (tertiary/aromatic N) is 3. The van der Waals surface area contributed by atoms with Crippen LogP contribution < -0.4 is 15.4 Å². The average Bonchev–Trinajstić information content (AvgIpc) is 3.00. The molecule has 0 aliphatic rings. The van der Waals surface area contributed by atoms with Gasteiger partial charge in [0.25, 0.3) is 0 Å². The third kappa shape index (κ3) is 6.39. The van der Waals surface area contributed by atoms with E-state index in [1.165, 1.54) is 0 Å². The first-order valence-corrected chi connectivity index (χ1v) is 9.35. The number of aliphatic imine (C=N–C) groups is 1. The maximum Gasteiger partial charge on any atom is 0.191 e. The second-order valence-corrected chi connectivity index (χ2v) is 6.84. The van der Waals surface area contributed by atoms with Crippen LogP contribution in [0.1, 0.15) is 34.4 Å². The summed E-state index contributed by atoms with van der Waals surface area (Å²) in [6.07, 6.45) is 2.71. The maximum absolute atomic E-state index is 5.46. The van der Waals surface area contributed by atoms with Crippen molar-refractivity contribution in [2.75, 3.05) is 20.2 Å². The van der Waals surface area contributed by atoms with Gasteiger partial charge in [-0.25, -0.2) is 9.98 Å². The van der Waals surface area contributed by atoms with Crippen LogP contribution >= 0.6 is 35.3 Å². The number of methoxy groups -OCH3 is 1. The van der Waals surface area contributed by atoms with Crippen molar-refractivity contribution in [2.45, 2.75) is 40.7 Å². The molecule has 2 rings (SSSR count). The van der Waals surface area contributed by atoms with Crippen LogP contribution in [0.15, 0.2) is 16.6 Å². The van der Waals surface area contributed by atoms with Crippen LogP contribution in [0.5, 0.6) is 5.75 Å². The number of hydrogen-bond donors (Lipinski definition) is 2. The molecular weight excluding hydrogens is 461 g/mol. The number of pyridine rings is 1. The van der Waals surface area contributed by atoms with Gasteiger partial charge in [-0.1, -0.05) is 0 Å². The Bertz CT molecular complexity index is 732. The lowest BCUT2D eigenvalue weighted by Gasteiger charge is -2.13. The van der Waals surface area contributed by atoms with Gasteiger partial charge in [0.15, 0.2) is 5.96 Å². The van der Waals surface area contributed by atoms with Gasteiger partial charge in [-0.15, -0.1) is 35.3 Å². The molecule has 2 heterocycles. The van der Waals surface area contributed by atoms with E-state index in [-0.39, 0.29) is 24.0 Å². The first kappa shape index (κ1) is 22.6. The number of halogens is 1. The van der Waals surface area contributed by atoms with E-state index < -0.39 is 0 Å². The van der Waals surface area contributed by atoms with Crippen LogP contribution in [-0.2, 0) is 13.0 Å². The summed E-state index contributed by atoms with van der Waals surface area (Å²) in [5, 5.41) is 9.82. The summed E-state index contributed by atoms with van der Waals surface area (Å²) in [6, 6.07) is 0. The summed E-state index contributed by atoms with van der Waals surface area (Å²) < 4.78 is 5.46. The highest BCUT2D eigenvalue weighted by atomic mass is 127. The van der Waals surface area contributed by atoms with Crippen molar-refractivity contribution in [3.63, 3.8) is 0 Å². The van der Waals surface area contributed by atoms with E-state index in [4.69, 9.17) is 4.74 Å². The SMILES string of the molecule is CCNC(=NCc1ncc(C)c(OC)c1C)NCCc1csc(C)n1.I. The number of guanidine groups is 1. The summed E-state index contributed by atoms with van der Waals surface area (Å²) in [4.78, 5) is 13.6. The zero-order valence-electron chi connectivity index (χ0n) is 16.0. The third-order valence-corrected chi connectivity index (χ3v) is 4.64. The lowest BCUT2D eigenvalue weighted by Crippen LogP contribution is -2.38. The fourth-order valence-electron chi connectivity index (χ4n) is 2.56. The van der Waals surface area contributed by atoms with Crippen LogP contribution in [-0.4, -0.2) is 36.1 Å². The first-order chi connectivity index (χ1) is 12.0. The van der Waals surface area contributed by atoms with Crippen molar-refractivity contribution in [3.8, 4) is 5.75 Å². The molecule has 0 saturated carbocycles. The Morgan fingerprint density at radius 2 is 2.04 bits per heavy atom. The minimum absolute atomic E-state index is 0. The second kappa shape index (κ2) is 11.3. The maximum atomic E-state index is 5.46. The summed E-state index contributed by atoms with van der Waals surface area (Å²) in [6.45, 7) is 10.2. The predicted octanol–water partition coefficient (Wildman–Crippen LogP) is 3.39. The molecule has 2 N–H and O–H groups in total. The molecule has 0 atom stereocenters. The minimum Gasteiger partial charge on any atom is -0.496 e. The molecule has 0 bridgehead atoms. The van der Waals surface area contributed by atoms with Gasteiger partial charge in [0.05, 0.1) is 30.1 Å². The van der Waals surface area contributed by atoms with Crippen molar-refractivity contribution in [2.24, 2.45) is 4.99 Å². The molecule has 0 spiro atoms. The van der Waals surface area contributed by atoms with E-state index in [0.29, 0.717) is 6.54 Å². The fraction of sp³-hybridized carbons (Fsp3) is 0.500. The van der Waals surface area contributed by atoms with Gasteiger partial charge in [-0.3, -0.25) is 4.98 Å². The standard InChI is InChI=1S/C18H27N5OS.HI/c1-6-19-18(20-8-7-15-11-25-14(4)23-15)22-10-16-13(3)17(24-5)12(2)9-21-16;/h9,11H,6-8,10H2,1-5H3,(H2,19,20,22);1H. The molecule has 0 amide bonds. The summed E-state index contributed by atoms with van der Waals surface area (Å²) in [5.74, 6) is 1.67. The average molecular weight is 489 g/mol. The molecule has 0 aliphatic heterocycles. The van der Waals surface area contributed by atoms with Gasteiger partial charge in [0.1, 0.15) is 5.75 Å². The van der Waals surface area contributed by atoms with Crippen LogP contribution in [0.3, 0.4) is 0 Å². The van der Waals surface area contributed by atoms with Gasteiger partial charge in [0, 0.05) is 42.2 Å². The van der Waals surface area contributed by atoms with E-state index in [1.807, 2.05) is 27.0 Å². The molecule has 144 valence electrons. The number of aromatic nitrogens is 2. The topological polar surface area (TPSA) is 71.4 Å². The Hall–Kier alpha value is -1.42. The van der Waals surface area contributed by atoms with E-state index in [0.717, 1.165) is 58.7 Å². The van der Waals surface area contributed by atoms with Crippen molar-refractivity contribution in [1.29, 1.82) is 0 Å². The third-order valence-electron chi connectivity index (χ3n) is 3.82. The largest absolute Gasteiger partial charge is 0.496 e. The molecule has 0 fully saturated rings. The normalized spacial score (nSPS) is 11.0. The lowest BCUT2D eigenvalue weighted by molar-refractivity contribution is 0.407. The molecule has 0 aromatic carbocycles. The Labute approximate surface area is 176 Å². The highest BCUT2D eigenvalue weighted by Gasteiger charge is 2.09. The Balaban J connectivity index is 0.00000338. The molecule has 0 aliphatic carbocycles. The van der Waals surface area contributed by atoms with Gasteiger partial charge in [-0.05, 0) is 27.7 Å². The van der Waals surface area contributed by atoms with E-state index in [1.54, 1.807) is 18.4 Å². The van der Waals surface area contributed by atoms with Gasteiger partial charge in [-0.2, -0.15) is 0 Å². The summed E-state index contributed by atoms with van der Waals surface area (Å²) in [5.41, 5.74) is 4.12. The summed E-state index contributed by atoms with van der Waals surface area (Å²) in [7, 11) is 1.69. The molecule has 6 nitrogen and oxygen atoms in total. The van der Waals surface area contributed by atoms with Gasteiger partial charge < -0.3 is 15.4 Å². The smallest absolute Gasteiger partial charge is 0.191 e. The molecule has 2 aromatic rings. The van der Waals surface area contributed by atoms with E-state index >= 15 is 0 Å². The van der Waals surface area contributed by atoms with Crippen LogP contribution in [0.25, 0.3) is 0 Å². The molecular formula is C18H28IN5OS. The molecule has 0 saturated heterocycles. The molecule has 0 radical (unpaired) electrons. The monoisotopic (exact) mass is 489 g/mol. The Morgan fingerprint density at radius 1 is 1.27 bits per heavy atom. The Kier molecular flexibility index (Phi) is 9.85. The van der Waals surface area contributed by atoms with Crippen LogP contribution in [0.2, 0.25) is 0 Å². The number of aryl methyl sites for hydroxylation is 2. The number of rotatable bonds is 7. The quantitative estimate of drug-likeness (QED) is 0.355. The number of nitrogens with one attached hydrogen (secondary N) is 2. The fourth-order valence-corrected chi connectivity index (χ4v) is 3.21. The molecule has 0 unspecified atom stereocenters. The van der Waals surface area contributed by atoms with Crippen molar-refractivity contribution < 1.29 is 4.74 Å². The van der Waals surface area contributed by atoms with Crippen molar-refractivity contribution in [1.82, 2.24) is 20.6 Å². The van der Waals surface area contributed by atoms with Crippen molar-refractivity contribution >= 4 is 41.3 Å². The van der Waals surface area contributed by atoms with Crippen LogP contribution in [0.4, 0.5) is 0 Å². The highest BCUT2D eigenvalue weighted by molar-refractivity contribution is 14.0. The number of hydrogen-bond acceptors (Lipinski definition) is 5. The zero-order valence-corrected chi connectivity index (χ0v) is 19.2. The Morgan fingerprint density at radius 3 is 2.65 bits per heavy atom. The molecule has 26 heavy (non-hydrogen) atoms. The second-order valence-electron chi connectivity index (χ2n) is 5.78. The zero-order chi connectivity index (χ0) is 18.2. The summed E-state index contributed by atoms with van der Waals surface area (Å²) >= 11 is 1.68. The van der Waals surface area contributed by atoms with E-state index in [9.17, 15) is 0 Å². The molecule has 8 heteroatoms. The predicted molar refractivity (Wildman–Crippen MR) is 119 cm³/mol. The van der Waals surface area contributed by atoms with Gasteiger partial charge in [0.2, 0.25) is 0 Å². The highest BCUT2D eigenvalue weighted by Crippen LogP contribution is 2.24. The minimum atomic E-state index is 0.